The van der Waals surface area contributed by atoms with Gasteiger partial charge in [0.1, 0.15) is 17.2 Å². The van der Waals surface area contributed by atoms with Gasteiger partial charge in [-0.05, 0) is 19.9 Å². The number of amides is 1. The van der Waals surface area contributed by atoms with E-state index in [1.54, 1.807) is 18.7 Å². The fourth-order valence-corrected chi connectivity index (χ4v) is 2.26. The summed E-state index contributed by atoms with van der Waals surface area (Å²) < 4.78 is 25.0. The summed E-state index contributed by atoms with van der Waals surface area (Å²) in [7, 11) is -4.09. The van der Waals surface area contributed by atoms with Gasteiger partial charge in [-0.2, -0.15) is 0 Å². The van der Waals surface area contributed by atoms with E-state index in [-0.39, 0.29) is 16.6 Å². The molecule has 0 aliphatic heterocycles. The van der Waals surface area contributed by atoms with Gasteiger partial charge in [0.05, 0.1) is 0 Å². The van der Waals surface area contributed by atoms with Crippen LogP contribution in [0.1, 0.15) is 30.4 Å². The fourth-order valence-electron chi connectivity index (χ4n) is 1.43. The molecule has 1 aromatic rings. The second-order valence-corrected chi connectivity index (χ2v) is 5.85. The number of hydrogen-bond acceptors (Lipinski definition) is 5. The number of sulfonamides is 1. The van der Waals surface area contributed by atoms with Crippen LogP contribution >= 0.6 is 0 Å². The number of primary amides is 1. The molecule has 0 saturated carbocycles. The Morgan fingerprint density at radius 1 is 1.50 bits per heavy atom. The highest BCUT2D eigenvalue weighted by Crippen LogP contribution is 2.18. The summed E-state index contributed by atoms with van der Waals surface area (Å²) >= 11 is 0. The predicted molar refractivity (Wildman–Crippen MR) is 67.2 cm³/mol. The van der Waals surface area contributed by atoms with Crippen molar-refractivity contribution in [1.82, 2.24) is 9.45 Å². The Kier molecular flexibility index (Phi) is 4.87. The van der Waals surface area contributed by atoms with Gasteiger partial charge in [-0.1, -0.05) is 4.89 Å². The lowest BCUT2D eigenvalue weighted by molar-refractivity contribution is -0.123. The highest BCUT2D eigenvalue weighted by Gasteiger charge is 2.22. The first-order valence-corrected chi connectivity index (χ1v) is 7.00. The van der Waals surface area contributed by atoms with Crippen LogP contribution in [0.4, 0.5) is 0 Å². The van der Waals surface area contributed by atoms with Gasteiger partial charge in [0.2, 0.25) is 5.91 Å². The Morgan fingerprint density at radius 2 is 2.10 bits per heavy atom. The number of nitrogens with zero attached hydrogens (tertiary/aromatic N) is 1. The molecular weight excluding hydrogens is 290 g/mol. The molecule has 10 heteroatoms. The molecule has 4 N–H and O–H groups in total. The van der Waals surface area contributed by atoms with Crippen LogP contribution in [-0.4, -0.2) is 36.6 Å². The summed E-state index contributed by atoms with van der Waals surface area (Å²) in [4.78, 5) is 27.3. The number of hydrogen-bond donors (Lipinski definition) is 3. The van der Waals surface area contributed by atoms with Crippen molar-refractivity contribution >= 4 is 21.9 Å². The van der Waals surface area contributed by atoms with Crippen LogP contribution < -0.4 is 10.6 Å². The predicted octanol–water partition coefficient (Wildman–Crippen LogP) is -0.538. The topological polar surface area (TPSA) is 141 Å². The van der Waals surface area contributed by atoms with E-state index in [4.69, 9.17) is 10.8 Å². The van der Waals surface area contributed by atoms with E-state index in [0.717, 1.165) is 6.07 Å². The van der Waals surface area contributed by atoms with Crippen molar-refractivity contribution in [2.45, 2.75) is 24.8 Å². The SMILES string of the molecule is CC(C)n1cc(S(=O)(=O)NOCC(N)=O)cc1C(=O)O. The van der Waals surface area contributed by atoms with Gasteiger partial charge in [-0.25, -0.2) is 13.2 Å². The Labute approximate surface area is 115 Å². The summed E-state index contributed by atoms with van der Waals surface area (Å²) in [5.74, 6) is -2.10. The Hall–Kier alpha value is -1.91. The second-order valence-electron chi connectivity index (χ2n) is 4.21. The van der Waals surface area contributed by atoms with Crippen molar-refractivity contribution in [3.63, 3.8) is 0 Å². The molecule has 20 heavy (non-hydrogen) atoms. The number of rotatable bonds is 7. The quantitative estimate of drug-likeness (QED) is 0.578. The molecular formula is C10H15N3O6S. The molecule has 0 bridgehead atoms. The van der Waals surface area contributed by atoms with Crippen LogP contribution in [0.5, 0.6) is 0 Å². The first-order chi connectivity index (χ1) is 9.15. The molecule has 9 nitrogen and oxygen atoms in total. The summed E-state index contributed by atoms with van der Waals surface area (Å²) in [6.45, 7) is 2.79. The number of carboxylic acid groups (broad SMARTS) is 1. The van der Waals surface area contributed by atoms with Crippen LogP contribution in [-0.2, 0) is 19.7 Å². The number of carbonyl (C=O) groups is 2. The molecule has 1 rings (SSSR count). The van der Waals surface area contributed by atoms with Gasteiger partial charge in [0.25, 0.3) is 10.0 Å². The number of nitrogens with two attached hydrogens (primary N) is 1. The largest absolute Gasteiger partial charge is 0.477 e. The van der Waals surface area contributed by atoms with Crippen LogP contribution in [0.3, 0.4) is 0 Å². The minimum atomic E-state index is -4.09. The van der Waals surface area contributed by atoms with E-state index < -0.39 is 28.5 Å². The molecule has 0 saturated heterocycles. The highest BCUT2D eigenvalue weighted by atomic mass is 32.2. The Bertz CT molecular complexity index is 619. The molecule has 0 unspecified atom stereocenters. The zero-order valence-corrected chi connectivity index (χ0v) is 11.7. The number of carboxylic acids is 1. The van der Waals surface area contributed by atoms with Crippen molar-refractivity contribution in [3.05, 3.63) is 18.0 Å². The summed E-state index contributed by atoms with van der Waals surface area (Å²) in [6.07, 6.45) is 1.17. The average Bonchev–Trinajstić information content (AvgIpc) is 2.73. The van der Waals surface area contributed by atoms with Gasteiger partial charge >= 0.3 is 5.97 Å². The third kappa shape index (κ3) is 3.79. The van der Waals surface area contributed by atoms with Crippen LogP contribution in [0.2, 0.25) is 0 Å². The van der Waals surface area contributed by atoms with E-state index in [2.05, 4.69) is 4.84 Å². The number of aromatic carboxylic acids is 1. The van der Waals surface area contributed by atoms with Crippen LogP contribution in [0, 0.1) is 0 Å². The van der Waals surface area contributed by atoms with Crippen molar-refractivity contribution < 1.29 is 28.0 Å². The molecule has 0 atom stereocenters. The lowest BCUT2D eigenvalue weighted by Crippen LogP contribution is -2.29. The van der Waals surface area contributed by atoms with Crippen molar-refractivity contribution in [1.29, 1.82) is 0 Å². The molecule has 0 radical (unpaired) electrons. The average molecular weight is 305 g/mol. The normalized spacial score (nSPS) is 11.8. The maximum atomic E-state index is 11.8. The first-order valence-electron chi connectivity index (χ1n) is 5.52. The van der Waals surface area contributed by atoms with Crippen LogP contribution in [0.15, 0.2) is 17.2 Å². The van der Waals surface area contributed by atoms with Crippen molar-refractivity contribution in [2.75, 3.05) is 6.61 Å². The highest BCUT2D eigenvalue weighted by molar-refractivity contribution is 7.89. The van der Waals surface area contributed by atoms with Gasteiger partial charge in [0.15, 0.2) is 0 Å². The zero-order chi connectivity index (χ0) is 15.5. The molecule has 0 fully saturated rings. The van der Waals surface area contributed by atoms with Crippen LogP contribution in [0.25, 0.3) is 0 Å². The van der Waals surface area contributed by atoms with E-state index in [1.807, 2.05) is 0 Å². The van der Waals surface area contributed by atoms with E-state index in [9.17, 15) is 18.0 Å². The summed E-state index contributed by atoms with van der Waals surface area (Å²) in [5, 5.41) is 9.01. The van der Waals surface area contributed by atoms with Crippen molar-refractivity contribution in [3.8, 4) is 0 Å². The maximum absolute atomic E-state index is 11.8. The smallest absolute Gasteiger partial charge is 0.352 e. The minimum Gasteiger partial charge on any atom is -0.477 e. The van der Waals surface area contributed by atoms with Crippen molar-refractivity contribution in [2.24, 2.45) is 5.73 Å². The Balaban J connectivity index is 3.04. The molecule has 112 valence electrons. The molecule has 0 spiro atoms. The van der Waals surface area contributed by atoms with E-state index >= 15 is 0 Å². The van der Waals surface area contributed by atoms with Gasteiger partial charge in [0, 0.05) is 12.2 Å². The molecule has 0 aromatic carbocycles. The molecule has 1 amide bonds. The lowest BCUT2D eigenvalue weighted by Gasteiger charge is -2.09. The number of aromatic nitrogens is 1. The third-order valence-electron chi connectivity index (χ3n) is 2.29. The lowest BCUT2D eigenvalue weighted by atomic mass is 10.3. The summed E-state index contributed by atoms with van der Waals surface area (Å²) in [6, 6.07) is 0.759. The standard InChI is InChI=1S/C10H15N3O6S/c1-6(2)13-4-7(3-8(13)10(15)16)20(17,18)12-19-5-9(11)14/h3-4,6,12H,5H2,1-2H3,(H2,11,14)(H,15,16). The zero-order valence-electron chi connectivity index (χ0n) is 10.9. The monoisotopic (exact) mass is 305 g/mol. The number of nitrogens with one attached hydrogen (secondary N) is 1. The van der Waals surface area contributed by atoms with E-state index in [1.165, 1.54) is 10.8 Å². The van der Waals surface area contributed by atoms with Gasteiger partial charge in [-0.3, -0.25) is 9.63 Å². The Morgan fingerprint density at radius 3 is 2.50 bits per heavy atom. The van der Waals surface area contributed by atoms with E-state index in [0.29, 0.717) is 0 Å². The van der Waals surface area contributed by atoms with Gasteiger partial charge < -0.3 is 15.4 Å². The first kappa shape index (κ1) is 16.1. The maximum Gasteiger partial charge on any atom is 0.352 e. The number of carbonyl (C=O) groups excluding carboxylic acids is 1. The summed E-state index contributed by atoms with van der Waals surface area (Å²) in [5.41, 5.74) is 4.62. The third-order valence-corrected chi connectivity index (χ3v) is 3.47. The van der Waals surface area contributed by atoms with Gasteiger partial charge in [-0.15, -0.1) is 0 Å². The second kappa shape index (κ2) is 6.03. The fraction of sp³-hybridized carbons (Fsp3) is 0.400. The molecule has 1 heterocycles. The minimum absolute atomic E-state index is 0.171. The molecule has 0 aliphatic rings. The molecule has 0 aliphatic carbocycles. The molecule has 1 aromatic heterocycles.